The Bertz CT molecular complexity index is 1240. The number of anilines is 1. The lowest BCUT2D eigenvalue weighted by Gasteiger charge is -2.23. The summed E-state index contributed by atoms with van der Waals surface area (Å²) >= 11 is 1.73. The van der Waals surface area contributed by atoms with Crippen molar-refractivity contribution in [3.8, 4) is 34.5 Å². The molecule has 216 valence electrons. The van der Waals surface area contributed by atoms with E-state index in [2.05, 4.69) is 18.2 Å². The van der Waals surface area contributed by atoms with Crippen LogP contribution in [0.2, 0.25) is 0 Å². The van der Waals surface area contributed by atoms with Crippen LogP contribution in [0.5, 0.6) is 34.5 Å². The molecule has 1 aliphatic heterocycles. The Balaban J connectivity index is 1.48. The van der Waals surface area contributed by atoms with Gasteiger partial charge in [-0.2, -0.15) is 0 Å². The molecule has 1 saturated heterocycles. The second-order valence-electron chi connectivity index (χ2n) is 9.49. The van der Waals surface area contributed by atoms with Gasteiger partial charge in [-0.3, -0.25) is 0 Å². The molecule has 2 unspecified atom stereocenters. The maximum Gasteiger partial charge on any atom is 0.203 e. The number of hydrogen-bond donors (Lipinski definition) is 0. The van der Waals surface area contributed by atoms with Crippen molar-refractivity contribution in [3.05, 3.63) is 59.7 Å². The molecule has 1 heterocycles. The summed E-state index contributed by atoms with van der Waals surface area (Å²) in [7, 11) is 12.2. The van der Waals surface area contributed by atoms with E-state index in [0.29, 0.717) is 29.6 Å². The topological polar surface area (TPSA) is 67.9 Å². The van der Waals surface area contributed by atoms with E-state index in [9.17, 15) is 0 Å². The monoisotopic (exact) mass is 569 g/mol. The average Bonchev–Trinajstić information content (AvgIpc) is 3.49. The third kappa shape index (κ3) is 6.64. The number of thioether (sulfide) groups is 1. The third-order valence-corrected chi connectivity index (χ3v) is 7.84. The van der Waals surface area contributed by atoms with E-state index in [4.69, 9.17) is 33.2 Å². The van der Waals surface area contributed by atoms with Crippen molar-refractivity contribution in [1.29, 1.82) is 0 Å². The van der Waals surface area contributed by atoms with Crippen LogP contribution in [0.3, 0.4) is 0 Å². The highest BCUT2D eigenvalue weighted by molar-refractivity contribution is 7.99. The van der Waals surface area contributed by atoms with Gasteiger partial charge in [0.1, 0.15) is 5.75 Å². The minimum absolute atomic E-state index is 0.0867. The van der Waals surface area contributed by atoms with Crippen molar-refractivity contribution in [3.63, 3.8) is 0 Å². The maximum atomic E-state index is 6.57. The Hall–Kier alpha value is -3.43. The molecule has 40 heavy (non-hydrogen) atoms. The first kappa shape index (κ1) is 29.6. The molecular formula is C31H39NO7S. The molecule has 2 atom stereocenters. The summed E-state index contributed by atoms with van der Waals surface area (Å²) in [4.78, 5) is 3.21. The van der Waals surface area contributed by atoms with Crippen molar-refractivity contribution >= 4 is 17.4 Å². The van der Waals surface area contributed by atoms with Crippen LogP contribution in [0.1, 0.15) is 36.2 Å². The molecule has 0 saturated carbocycles. The number of rotatable bonds is 13. The summed E-state index contributed by atoms with van der Waals surface area (Å²) in [5.74, 6) is 4.87. The standard InChI is InChI=1S/C31H39NO7S/c1-32(2)24-16-20(17-27(34-4)30(24)38-14-15-40-23-10-8-22(33-3)9-11-23)25-12-13-26(39-25)21-18-28(35-5)31(37-7)29(19-21)36-6/h8-11,16-19,25-26H,12-15H2,1-7H3. The average molecular weight is 570 g/mol. The lowest BCUT2D eigenvalue weighted by Crippen LogP contribution is -2.14. The fourth-order valence-corrected chi connectivity index (χ4v) is 5.54. The van der Waals surface area contributed by atoms with Crippen molar-refractivity contribution in [2.75, 3.05) is 66.9 Å². The van der Waals surface area contributed by atoms with Gasteiger partial charge in [0.25, 0.3) is 0 Å². The SMILES string of the molecule is COc1ccc(SCCOc2c(OC)cc(C3CCC(c4cc(OC)c(OC)c(OC)c4)O3)cc2N(C)C)cc1. The van der Waals surface area contributed by atoms with Crippen LogP contribution in [0.15, 0.2) is 53.4 Å². The van der Waals surface area contributed by atoms with Gasteiger partial charge in [0.15, 0.2) is 23.0 Å². The van der Waals surface area contributed by atoms with Gasteiger partial charge < -0.3 is 38.1 Å². The van der Waals surface area contributed by atoms with Crippen molar-refractivity contribution in [2.45, 2.75) is 29.9 Å². The number of benzene rings is 3. The van der Waals surface area contributed by atoms with Gasteiger partial charge in [-0.25, -0.2) is 0 Å². The molecule has 0 spiro atoms. The molecule has 1 aliphatic rings. The van der Waals surface area contributed by atoms with Gasteiger partial charge in [0.05, 0.1) is 60.1 Å². The smallest absolute Gasteiger partial charge is 0.203 e. The van der Waals surface area contributed by atoms with Crippen molar-refractivity contribution < 1.29 is 33.2 Å². The lowest BCUT2D eigenvalue weighted by molar-refractivity contribution is 0.0437. The first-order valence-electron chi connectivity index (χ1n) is 13.2. The second-order valence-corrected chi connectivity index (χ2v) is 10.7. The Kier molecular flexibility index (Phi) is 10.2. The van der Waals surface area contributed by atoms with Crippen LogP contribution >= 0.6 is 11.8 Å². The zero-order valence-corrected chi connectivity index (χ0v) is 25.1. The highest BCUT2D eigenvalue weighted by atomic mass is 32.2. The largest absolute Gasteiger partial charge is 0.497 e. The summed E-state index contributed by atoms with van der Waals surface area (Å²) in [6.07, 6.45) is 1.55. The molecule has 1 fully saturated rings. The minimum Gasteiger partial charge on any atom is -0.497 e. The van der Waals surface area contributed by atoms with Crippen LogP contribution < -0.4 is 33.3 Å². The minimum atomic E-state index is -0.0987. The predicted molar refractivity (Wildman–Crippen MR) is 158 cm³/mol. The zero-order chi connectivity index (χ0) is 28.6. The first-order valence-corrected chi connectivity index (χ1v) is 14.1. The number of ether oxygens (including phenoxy) is 7. The Morgan fingerprint density at radius 2 is 1.27 bits per heavy atom. The normalized spacial score (nSPS) is 16.4. The highest BCUT2D eigenvalue weighted by Crippen LogP contribution is 2.48. The van der Waals surface area contributed by atoms with Gasteiger partial charge in [0.2, 0.25) is 5.75 Å². The molecular weight excluding hydrogens is 530 g/mol. The van der Waals surface area contributed by atoms with Gasteiger partial charge in [0, 0.05) is 24.7 Å². The summed E-state index contributed by atoms with van der Waals surface area (Å²) < 4.78 is 40.5. The van der Waals surface area contributed by atoms with E-state index in [1.54, 1.807) is 47.3 Å². The van der Waals surface area contributed by atoms with Crippen LogP contribution in [0.25, 0.3) is 0 Å². The van der Waals surface area contributed by atoms with E-state index in [1.807, 2.05) is 49.3 Å². The summed E-state index contributed by atoms with van der Waals surface area (Å²) in [6.45, 7) is 0.538. The second kappa shape index (κ2) is 13.8. The summed E-state index contributed by atoms with van der Waals surface area (Å²) in [6, 6.07) is 16.1. The van der Waals surface area contributed by atoms with E-state index < -0.39 is 0 Å². The van der Waals surface area contributed by atoms with Gasteiger partial charge >= 0.3 is 0 Å². The van der Waals surface area contributed by atoms with E-state index >= 15 is 0 Å². The highest BCUT2D eigenvalue weighted by Gasteiger charge is 2.31. The van der Waals surface area contributed by atoms with Crippen LogP contribution in [-0.4, -0.2) is 62.0 Å². The maximum absolute atomic E-state index is 6.57. The van der Waals surface area contributed by atoms with Crippen molar-refractivity contribution in [2.24, 2.45) is 0 Å². The molecule has 0 aliphatic carbocycles. The Labute approximate surface area is 241 Å². The summed E-state index contributed by atoms with van der Waals surface area (Å²) in [5, 5.41) is 0. The van der Waals surface area contributed by atoms with E-state index in [0.717, 1.165) is 46.9 Å². The fraction of sp³-hybridized carbons (Fsp3) is 0.419. The molecule has 0 aromatic heterocycles. The van der Waals surface area contributed by atoms with Crippen LogP contribution in [-0.2, 0) is 4.74 Å². The molecule has 0 N–H and O–H groups in total. The Morgan fingerprint density at radius 3 is 1.77 bits per heavy atom. The molecule has 3 aromatic rings. The van der Waals surface area contributed by atoms with E-state index in [1.165, 1.54) is 4.90 Å². The molecule has 8 nitrogen and oxygen atoms in total. The van der Waals surface area contributed by atoms with Gasteiger partial charge in [-0.15, -0.1) is 11.8 Å². The molecule has 0 amide bonds. The summed E-state index contributed by atoms with van der Waals surface area (Å²) in [5.41, 5.74) is 2.99. The number of hydrogen-bond acceptors (Lipinski definition) is 9. The molecule has 0 radical (unpaired) electrons. The fourth-order valence-electron chi connectivity index (χ4n) is 4.81. The van der Waals surface area contributed by atoms with Crippen LogP contribution in [0, 0.1) is 0 Å². The zero-order valence-electron chi connectivity index (χ0n) is 24.3. The number of nitrogens with zero attached hydrogens (tertiary/aromatic N) is 1. The van der Waals surface area contributed by atoms with Crippen molar-refractivity contribution in [1.82, 2.24) is 0 Å². The molecule has 3 aromatic carbocycles. The van der Waals surface area contributed by atoms with Crippen LogP contribution in [0.4, 0.5) is 5.69 Å². The first-order chi connectivity index (χ1) is 19.4. The number of methoxy groups -OCH3 is 5. The van der Waals surface area contributed by atoms with E-state index in [-0.39, 0.29) is 12.2 Å². The third-order valence-electron chi connectivity index (χ3n) is 6.87. The Morgan fingerprint density at radius 1 is 0.725 bits per heavy atom. The quantitative estimate of drug-likeness (QED) is 0.168. The van der Waals surface area contributed by atoms with Gasteiger partial charge in [-0.1, -0.05) is 0 Å². The predicted octanol–water partition coefficient (Wildman–Crippen LogP) is 6.56. The molecule has 9 heteroatoms. The molecule has 4 rings (SSSR count). The molecule has 0 bridgehead atoms. The lowest BCUT2D eigenvalue weighted by atomic mass is 10.0. The van der Waals surface area contributed by atoms with Gasteiger partial charge in [-0.05, 0) is 72.5 Å².